The van der Waals surface area contributed by atoms with Crippen molar-refractivity contribution in [3.8, 4) is 0 Å². The summed E-state index contributed by atoms with van der Waals surface area (Å²) < 4.78 is 71.4. The van der Waals surface area contributed by atoms with Gasteiger partial charge in [0.15, 0.2) is 6.61 Å². The van der Waals surface area contributed by atoms with Gasteiger partial charge in [0.2, 0.25) is 10.0 Å². The molecule has 32 heavy (non-hydrogen) atoms. The lowest BCUT2D eigenvalue weighted by molar-refractivity contribution is -0.150. The van der Waals surface area contributed by atoms with Gasteiger partial charge in [0.05, 0.1) is 16.1 Å². The van der Waals surface area contributed by atoms with Crippen molar-refractivity contribution in [2.75, 3.05) is 11.9 Å². The van der Waals surface area contributed by atoms with E-state index in [0.29, 0.717) is 6.07 Å². The molecule has 174 valence electrons. The highest BCUT2D eigenvalue weighted by molar-refractivity contribution is 7.89. The average Bonchev–Trinajstić information content (AvgIpc) is 2.71. The zero-order chi connectivity index (χ0) is 24.1. The number of benzene rings is 2. The van der Waals surface area contributed by atoms with Gasteiger partial charge in [-0.25, -0.2) is 8.42 Å². The Balaban J connectivity index is 2.06. The van der Waals surface area contributed by atoms with E-state index in [1.807, 2.05) is 5.32 Å². The Hall–Kier alpha value is -2.63. The molecule has 0 aliphatic heterocycles. The summed E-state index contributed by atoms with van der Waals surface area (Å²) in [7, 11) is -4.05. The molecule has 1 amide bonds. The number of hydrogen-bond donors (Lipinski definition) is 2. The second kappa shape index (κ2) is 10.3. The Morgan fingerprint density at radius 1 is 1.09 bits per heavy atom. The predicted molar refractivity (Wildman–Crippen MR) is 111 cm³/mol. The zero-order valence-electron chi connectivity index (χ0n) is 16.9. The third-order valence-electron chi connectivity index (χ3n) is 4.16. The summed E-state index contributed by atoms with van der Waals surface area (Å²) in [6, 6.07) is 8.76. The van der Waals surface area contributed by atoms with Gasteiger partial charge in [-0.2, -0.15) is 17.9 Å². The van der Waals surface area contributed by atoms with Crippen LogP contribution in [0.15, 0.2) is 53.4 Å². The Bertz CT molecular complexity index is 1080. The van der Waals surface area contributed by atoms with E-state index in [0.717, 1.165) is 12.1 Å². The first-order chi connectivity index (χ1) is 14.8. The van der Waals surface area contributed by atoms with Crippen LogP contribution in [0.2, 0.25) is 5.02 Å². The van der Waals surface area contributed by atoms with E-state index in [2.05, 4.69) is 4.72 Å². The molecule has 0 aliphatic carbocycles. The summed E-state index contributed by atoms with van der Waals surface area (Å²) in [4.78, 5) is 24.4. The Kier molecular flexibility index (Phi) is 8.27. The lowest BCUT2D eigenvalue weighted by atomic mass is 10.1. The maximum absolute atomic E-state index is 13.1. The summed E-state index contributed by atoms with van der Waals surface area (Å²) in [5.74, 6) is -2.64. The van der Waals surface area contributed by atoms with E-state index in [1.165, 1.54) is 24.3 Å². The first-order valence-electron chi connectivity index (χ1n) is 9.22. The molecule has 0 saturated carbocycles. The second-order valence-corrected chi connectivity index (χ2v) is 9.15. The van der Waals surface area contributed by atoms with E-state index in [1.54, 1.807) is 19.9 Å². The van der Waals surface area contributed by atoms with Crippen LogP contribution in [0.3, 0.4) is 0 Å². The summed E-state index contributed by atoms with van der Waals surface area (Å²) in [5, 5.41) is 1.83. The molecule has 0 unspecified atom stereocenters. The summed E-state index contributed by atoms with van der Waals surface area (Å²) in [6.07, 6.45) is -4.78. The Labute approximate surface area is 188 Å². The van der Waals surface area contributed by atoms with Crippen molar-refractivity contribution in [1.82, 2.24) is 4.72 Å². The Morgan fingerprint density at radius 3 is 2.28 bits per heavy atom. The molecule has 2 aromatic rings. The third kappa shape index (κ3) is 6.94. The minimum Gasteiger partial charge on any atom is -0.454 e. The van der Waals surface area contributed by atoms with Crippen molar-refractivity contribution in [2.45, 2.75) is 31.0 Å². The molecule has 0 saturated heterocycles. The number of anilines is 1. The summed E-state index contributed by atoms with van der Waals surface area (Å²) in [5.41, 5.74) is -1.73. The van der Waals surface area contributed by atoms with E-state index >= 15 is 0 Å². The molecule has 2 N–H and O–H groups in total. The molecular weight excluding hydrogens is 473 g/mol. The van der Waals surface area contributed by atoms with Gasteiger partial charge in [-0.1, -0.05) is 43.6 Å². The number of hydrogen-bond acceptors (Lipinski definition) is 5. The molecular formula is C20H20ClF3N2O5S. The number of ether oxygens (including phenoxy) is 1. The highest BCUT2D eigenvalue weighted by Crippen LogP contribution is 2.36. The third-order valence-corrected chi connectivity index (χ3v) is 5.85. The van der Waals surface area contributed by atoms with Crippen LogP contribution in [0.25, 0.3) is 0 Å². The van der Waals surface area contributed by atoms with Crippen LogP contribution in [0.4, 0.5) is 18.9 Å². The van der Waals surface area contributed by atoms with Gasteiger partial charge >= 0.3 is 12.1 Å². The molecule has 12 heteroatoms. The summed E-state index contributed by atoms with van der Waals surface area (Å²) in [6.45, 7) is 2.20. The van der Waals surface area contributed by atoms with Crippen LogP contribution in [0.1, 0.15) is 19.4 Å². The molecule has 0 fully saturated rings. The maximum atomic E-state index is 13.1. The van der Waals surface area contributed by atoms with E-state index in [9.17, 15) is 31.2 Å². The predicted octanol–water partition coefficient (Wildman–Crippen LogP) is 3.84. The standard InChI is InChI=1S/C20H20ClF3N2O5S/c1-12(2)18(26-32(29,30)14-6-4-3-5-7-14)19(28)31-11-17(27)25-16-9-8-13(21)10-15(16)20(22,23)24/h3-10,12,18,26H,11H2,1-2H3,(H,25,27)/t18-/m0/s1. The fourth-order valence-electron chi connectivity index (χ4n) is 2.56. The Morgan fingerprint density at radius 2 is 1.72 bits per heavy atom. The quantitative estimate of drug-likeness (QED) is 0.545. The van der Waals surface area contributed by atoms with Crippen molar-refractivity contribution < 1.29 is 35.9 Å². The molecule has 0 heterocycles. The minimum absolute atomic E-state index is 0.0707. The molecule has 0 spiro atoms. The van der Waals surface area contributed by atoms with Crippen molar-refractivity contribution >= 4 is 39.2 Å². The number of halogens is 4. The SMILES string of the molecule is CC(C)[C@H](NS(=O)(=O)c1ccccc1)C(=O)OCC(=O)Nc1ccc(Cl)cc1C(F)(F)F. The largest absolute Gasteiger partial charge is 0.454 e. The van der Waals surface area contributed by atoms with Crippen molar-refractivity contribution in [2.24, 2.45) is 5.92 Å². The molecule has 0 aromatic heterocycles. The zero-order valence-corrected chi connectivity index (χ0v) is 18.5. The number of rotatable bonds is 8. The number of amides is 1. The van der Waals surface area contributed by atoms with Gasteiger partial charge in [-0.3, -0.25) is 9.59 Å². The normalized spacial score (nSPS) is 13.0. The fraction of sp³-hybridized carbons (Fsp3) is 0.300. The molecule has 0 radical (unpaired) electrons. The van der Waals surface area contributed by atoms with Crippen LogP contribution in [-0.2, 0) is 30.5 Å². The van der Waals surface area contributed by atoms with E-state index in [4.69, 9.17) is 16.3 Å². The number of sulfonamides is 1. The highest BCUT2D eigenvalue weighted by Gasteiger charge is 2.34. The van der Waals surface area contributed by atoms with Crippen molar-refractivity contribution in [3.63, 3.8) is 0 Å². The number of nitrogens with one attached hydrogen (secondary N) is 2. The van der Waals surface area contributed by atoms with Crippen molar-refractivity contribution in [1.29, 1.82) is 0 Å². The average molecular weight is 493 g/mol. The van der Waals surface area contributed by atoms with E-state index in [-0.39, 0.29) is 9.92 Å². The first-order valence-corrected chi connectivity index (χ1v) is 11.1. The molecule has 7 nitrogen and oxygen atoms in total. The van der Waals surface area contributed by atoms with Gasteiger partial charge < -0.3 is 10.1 Å². The van der Waals surface area contributed by atoms with Gasteiger partial charge in [0, 0.05) is 5.02 Å². The smallest absolute Gasteiger partial charge is 0.418 e. The van der Waals surface area contributed by atoms with Crippen LogP contribution in [-0.4, -0.2) is 32.9 Å². The second-order valence-electron chi connectivity index (χ2n) is 7.00. The molecule has 0 aliphatic rings. The number of carbonyl (C=O) groups excluding carboxylic acids is 2. The van der Waals surface area contributed by atoms with Crippen molar-refractivity contribution in [3.05, 3.63) is 59.1 Å². The van der Waals surface area contributed by atoms with Gasteiger partial charge in [0.25, 0.3) is 5.91 Å². The maximum Gasteiger partial charge on any atom is 0.418 e. The molecule has 2 rings (SSSR count). The van der Waals surface area contributed by atoms with Crippen LogP contribution < -0.4 is 10.0 Å². The molecule has 1 atom stereocenters. The monoisotopic (exact) mass is 492 g/mol. The highest BCUT2D eigenvalue weighted by atomic mass is 35.5. The topological polar surface area (TPSA) is 102 Å². The van der Waals surface area contributed by atoms with Gasteiger partial charge in [-0.15, -0.1) is 0 Å². The van der Waals surface area contributed by atoms with Crippen LogP contribution in [0, 0.1) is 5.92 Å². The lowest BCUT2D eigenvalue weighted by Gasteiger charge is -2.21. The molecule has 2 aromatic carbocycles. The summed E-state index contributed by atoms with van der Waals surface area (Å²) >= 11 is 5.59. The number of esters is 1. The van der Waals surface area contributed by atoms with Gasteiger partial charge in [-0.05, 0) is 36.2 Å². The van der Waals surface area contributed by atoms with E-state index < -0.39 is 57.9 Å². The number of carbonyl (C=O) groups is 2. The lowest BCUT2D eigenvalue weighted by Crippen LogP contribution is -2.45. The number of alkyl halides is 3. The van der Waals surface area contributed by atoms with Gasteiger partial charge in [0.1, 0.15) is 6.04 Å². The first kappa shape index (κ1) is 25.6. The minimum atomic E-state index is -4.78. The fourth-order valence-corrected chi connectivity index (χ4v) is 4.09. The van der Waals surface area contributed by atoms with Crippen LogP contribution in [0.5, 0.6) is 0 Å². The molecule has 0 bridgehead atoms. The van der Waals surface area contributed by atoms with Crippen LogP contribution >= 0.6 is 11.6 Å².